The van der Waals surface area contributed by atoms with Crippen LogP contribution < -0.4 is 15.8 Å². The van der Waals surface area contributed by atoms with E-state index in [0.717, 1.165) is 5.56 Å². The summed E-state index contributed by atoms with van der Waals surface area (Å²) in [6, 6.07) is 12.6. The van der Waals surface area contributed by atoms with Crippen molar-refractivity contribution in [3.63, 3.8) is 0 Å². The van der Waals surface area contributed by atoms with Gasteiger partial charge in [0.05, 0.1) is 17.9 Å². The fraction of sp³-hybridized carbons (Fsp3) is 0.188. The molecule has 3 N–H and O–H groups in total. The number of aryl methyl sites for hydroxylation is 1. The molecule has 2 aromatic rings. The van der Waals surface area contributed by atoms with Gasteiger partial charge in [-0.2, -0.15) is 0 Å². The van der Waals surface area contributed by atoms with Crippen LogP contribution in [0.15, 0.2) is 42.5 Å². The van der Waals surface area contributed by atoms with Gasteiger partial charge in [-0.15, -0.1) is 0 Å². The predicted molar refractivity (Wildman–Crippen MR) is 81.2 cm³/mol. The summed E-state index contributed by atoms with van der Waals surface area (Å²) >= 11 is 0. The quantitative estimate of drug-likeness (QED) is 0.838. The first-order valence-electron chi connectivity index (χ1n) is 6.51. The van der Waals surface area contributed by atoms with Crippen molar-refractivity contribution in [3.8, 4) is 5.75 Å². The van der Waals surface area contributed by atoms with Crippen LogP contribution in [0.1, 0.15) is 22.8 Å². The van der Waals surface area contributed by atoms with E-state index < -0.39 is 0 Å². The maximum atomic E-state index is 12.2. The average molecular weight is 270 g/mol. The second kappa shape index (κ2) is 6.10. The highest BCUT2D eigenvalue weighted by molar-refractivity contribution is 6.08. The molecule has 0 saturated heterocycles. The first-order chi connectivity index (χ1) is 9.61. The molecule has 0 bridgehead atoms. The third-order valence-electron chi connectivity index (χ3n) is 2.89. The van der Waals surface area contributed by atoms with Gasteiger partial charge < -0.3 is 15.8 Å². The molecule has 104 valence electrons. The number of carbonyl (C=O) groups is 1. The second-order valence-corrected chi connectivity index (χ2v) is 4.47. The van der Waals surface area contributed by atoms with Crippen LogP contribution in [0.25, 0.3) is 0 Å². The third kappa shape index (κ3) is 3.09. The normalized spacial score (nSPS) is 10.1. The van der Waals surface area contributed by atoms with E-state index in [1.807, 2.05) is 32.0 Å². The minimum absolute atomic E-state index is 0.243. The van der Waals surface area contributed by atoms with Crippen molar-refractivity contribution in [2.75, 3.05) is 17.7 Å². The lowest BCUT2D eigenvalue weighted by molar-refractivity contribution is 0.102. The minimum atomic E-state index is -0.243. The number of nitrogen functional groups attached to an aromatic ring is 1. The van der Waals surface area contributed by atoms with E-state index in [1.165, 1.54) is 0 Å². The summed E-state index contributed by atoms with van der Waals surface area (Å²) in [7, 11) is 0. The molecule has 0 aromatic heterocycles. The Morgan fingerprint density at radius 2 is 2.00 bits per heavy atom. The molecule has 0 fully saturated rings. The molecule has 0 aliphatic carbocycles. The molecule has 2 aromatic carbocycles. The van der Waals surface area contributed by atoms with E-state index in [9.17, 15) is 4.79 Å². The van der Waals surface area contributed by atoms with E-state index >= 15 is 0 Å². The molecular weight excluding hydrogens is 252 g/mol. The lowest BCUT2D eigenvalue weighted by Crippen LogP contribution is -2.14. The molecule has 0 aliphatic rings. The summed E-state index contributed by atoms with van der Waals surface area (Å²) in [5.41, 5.74) is 8.43. The van der Waals surface area contributed by atoms with E-state index in [1.54, 1.807) is 24.3 Å². The fourth-order valence-corrected chi connectivity index (χ4v) is 1.90. The van der Waals surface area contributed by atoms with Gasteiger partial charge in [-0.25, -0.2) is 0 Å². The van der Waals surface area contributed by atoms with Crippen LogP contribution in [0, 0.1) is 6.92 Å². The molecule has 4 heteroatoms. The number of ether oxygens (including phenoxy) is 1. The monoisotopic (exact) mass is 270 g/mol. The van der Waals surface area contributed by atoms with Gasteiger partial charge in [0, 0.05) is 5.69 Å². The van der Waals surface area contributed by atoms with Gasteiger partial charge in [0.15, 0.2) is 0 Å². The zero-order chi connectivity index (χ0) is 14.5. The average Bonchev–Trinajstić information content (AvgIpc) is 2.42. The van der Waals surface area contributed by atoms with Crippen molar-refractivity contribution in [1.29, 1.82) is 0 Å². The second-order valence-electron chi connectivity index (χ2n) is 4.47. The highest BCUT2D eigenvalue weighted by atomic mass is 16.5. The van der Waals surface area contributed by atoms with Gasteiger partial charge in [0.1, 0.15) is 5.75 Å². The molecule has 20 heavy (non-hydrogen) atoms. The maximum Gasteiger partial charge on any atom is 0.257 e. The summed E-state index contributed by atoms with van der Waals surface area (Å²) in [6.45, 7) is 4.42. The number of anilines is 2. The number of para-hydroxylation sites is 1. The van der Waals surface area contributed by atoms with Crippen LogP contribution in [-0.4, -0.2) is 12.5 Å². The van der Waals surface area contributed by atoms with E-state index in [0.29, 0.717) is 29.3 Å². The van der Waals surface area contributed by atoms with Crippen LogP contribution in [0.3, 0.4) is 0 Å². The molecule has 4 nitrogen and oxygen atoms in total. The Bertz CT molecular complexity index is 624. The lowest BCUT2D eigenvalue weighted by atomic mass is 10.1. The first-order valence-corrected chi connectivity index (χ1v) is 6.51. The molecule has 0 saturated carbocycles. The smallest absolute Gasteiger partial charge is 0.257 e. The van der Waals surface area contributed by atoms with Crippen molar-refractivity contribution in [1.82, 2.24) is 0 Å². The number of rotatable bonds is 4. The molecular formula is C16H18N2O2. The SMILES string of the molecule is CCOc1cc(C)ccc1NC(=O)c1ccccc1N. The number of hydrogen-bond donors (Lipinski definition) is 2. The zero-order valence-corrected chi connectivity index (χ0v) is 11.6. The molecule has 0 radical (unpaired) electrons. The first kappa shape index (κ1) is 13.9. The minimum Gasteiger partial charge on any atom is -0.492 e. The predicted octanol–water partition coefficient (Wildman–Crippen LogP) is 3.23. The lowest BCUT2D eigenvalue weighted by Gasteiger charge is -2.13. The summed E-state index contributed by atoms with van der Waals surface area (Å²) in [5, 5.41) is 2.84. The van der Waals surface area contributed by atoms with Gasteiger partial charge in [0.2, 0.25) is 0 Å². The summed E-state index contributed by atoms with van der Waals surface area (Å²) in [5.74, 6) is 0.420. The topological polar surface area (TPSA) is 64.3 Å². The highest BCUT2D eigenvalue weighted by Gasteiger charge is 2.12. The number of benzene rings is 2. The van der Waals surface area contributed by atoms with Gasteiger partial charge in [0.25, 0.3) is 5.91 Å². The fourth-order valence-electron chi connectivity index (χ4n) is 1.90. The van der Waals surface area contributed by atoms with Gasteiger partial charge in [-0.3, -0.25) is 4.79 Å². The number of amides is 1. The number of nitrogens with two attached hydrogens (primary N) is 1. The van der Waals surface area contributed by atoms with Crippen molar-refractivity contribution in [2.45, 2.75) is 13.8 Å². The Balaban J connectivity index is 2.26. The van der Waals surface area contributed by atoms with Crippen LogP contribution in [0.2, 0.25) is 0 Å². The molecule has 0 heterocycles. The van der Waals surface area contributed by atoms with Gasteiger partial charge in [-0.05, 0) is 43.7 Å². The maximum absolute atomic E-state index is 12.2. The van der Waals surface area contributed by atoms with Gasteiger partial charge in [-0.1, -0.05) is 18.2 Å². The molecule has 0 atom stereocenters. The van der Waals surface area contributed by atoms with Crippen molar-refractivity contribution < 1.29 is 9.53 Å². The Labute approximate surface area is 118 Å². The van der Waals surface area contributed by atoms with Crippen LogP contribution in [0.4, 0.5) is 11.4 Å². The molecule has 0 unspecified atom stereocenters. The number of nitrogens with one attached hydrogen (secondary N) is 1. The van der Waals surface area contributed by atoms with E-state index in [4.69, 9.17) is 10.5 Å². The molecule has 1 amide bonds. The van der Waals surface area contributed by atoms with Crippen LogP contribution in [-0.2, 0) is 0 Å². The van der Waals surface area contributed by atoms with E-state index in [-0.39, 0.29) is 5.91 Å². The van der Waals surface area contributed by atoms with E-state index in [2.05, 4.69) is 5.32 Å². The Hall–Kier alpha value is -2.49. The van der Waals surface area contributed by atoms with Crippen molar-refractivity contribution in [3.05, 3.63) is 53.6 Å². The van der Waals surface area contributed by atoms with Crippen LogP contribution in [0.5, 0.6) is 5.75 Å². The third-order valence-corrected chi connectivity index (χ3v) is 2.89. The molecule has 2 rings (SSSR count). The number of carbonyl (C=O) groups excluding carboxylic acids is 1. The Morgan fingerprint density at radius 1 is 1.25 bits per heavy atom. The summed E-state index contributed by atoms with van der Waals surface area (Å²) in [4.78, 5) is 12.2. The van der Waals surface area contributed by atoms with Crippen molar-refractivity contribution in [2.24, 2.45) is 0 Å². The Kier molecular flexibility index (Phi) is 4.25. The zero-order valence-electron chi connectivity index (χ0n) is 11.6. The molecule has 0 aliphatic heterocycles. The summed E-state index contributed by atoms with van der Waals surface area (Å²) in [6.07, 6.45) is 0. The summed E-state index contributed by atoms with van der Waals surface area (Å²) < 4.78 is 5.54. The Morgan fingerprint density at radius 3 is 2.70 bits per heavy atom. The largest absolute Gasteiger partial charge is 0.492 e. The molecule has 0 spiro atoms. The standard InChI is InChI=1S/C16H18N2O2/c1-3-20-15-10-11(2)8-9-14(15)18-16(19)12-6-4-5-7-13(12)17/h4-10H,3,17H2,1-2H3,(H,18,19). The van der Waals surface area contributed by atoms with Crippen LogP contribution >= 0.6 is 0 Å². The highest BCUT2D eigenvalue weighted by Crippen LogP contribution is 2.26. The number of hydrogen-bond acceptors (Lipinski definition) is 3. The van der Waals surface area contributed by atoms with Crippen molar-refractivity contribution >= 4 is 17.3 Å². The van der Waals surface area contributed by atoms with Gasteiger partial charge >= 0.3 is 0 Å².